The van der Waals surface area contributed by atoms with Crippen molar-refractivity contribution in [1.29, 1.82) is 0 Å². The highest BCUT2D eigenvalue weighted by Crippen LogP contribution is 2.54. The fourth-order valence-electron chi connectivity index (χ4n) is 10.1. The average molecular weight is 592 g/mol. The van der Waals surface area contributed by atoms with Crippen molar-refractivity contribution < 1.29 is 33.3 Å². The lowest BCUT2D eigenvalue weighted by atomic mass is 9.64. The van der Waals surface area contributed by atoms with Crippen LogP contribution in [0.3, 0.4) is 0 Å². The molecule has 14 atom stereocenters. The van der Waals surface area contributed by atoms with Gasteiger partial charge in [0.15, 0.2) is 0 Å². The number of piperidine rings is 2. The summed E-state index contributed by atoms with van der Waals surface area (Å²) in [4.78, 5) is 29.6. The molecule has 3 aliphatic carbocycles. The van der Waals surface area contributed by atoms with E-state index in [0.29, 0.717) is 24.4 Å². The first kappa shape index (κ1) is 30.7. The van der Waals surface area contributed by atoms with E-state index in [1.807, 2.05) is 6.92 Å². The van der Waals surface area contributed by atoms with Gasteiger partial charge in [-0.15, -0.1) is 0 Å². The summed E-state index contributed by atoms with van der Waals surface area (Å²) in [6.45, 7) is 3.46. The number of hydrogen-bond acceptors (Lipinski definition) is 8. The van der Waals surface area contributed by atoms with E-state index >= 15 is 0 Å². The van der Waals surface area contributed by atoms with Crippen LogP contribution in [0.4, 0.5) is 0 Å². The molecule has 6 aliphatic rings. The Morgan fingerprint density at radius 3 is 2.40 bits per heavy atom. The van der Waals surface area contributed by atoms with Gasteiger partial charge in [-0.2, -0.15) is 0 Å². The van der Waals surface area contributed by atoms with Crippen LogP contribution in [0.1, 0.15) is 64.7 Å². The second kappa shape index (κ2) is 13.0. The number of rotatable bonds is 9. The number of ether oxygens (including phenoxy) is 5. The first-order chi connectivity index (χ1) is 20.4. The summed E-state index contributed by atoms with van der Waals surface area (Å²) >= 11 is 0. The largest absolute Gasteiger partial charge is 0.381 e. The Morgan fingerprint density at radius 1 is 0.881 bits per heavy atom. The average Bonchev–Trinajstić information content (AvgIpc) is 3.36. The van der Waals surface area contributed by atoms with Crippen LogP contribution in [0.15, 0.2) is 0 Å². The Kier molecular flexibility index (Phi) is 9.49. The number of carbonyl (C=O) groups excluding carboxylic acids is 2. The summed E-state index contributed by atoms with van der Waals surface area (Å²) < 4.78 is 29.4. The molecule has 3 saturated carbocycles. The van der Waals surface area contributed by atoms with E-state index in [-0.39, 0.29) is 72.2 Å². The predicted molar refractivity (Wildman–Crippen MR) is 156 cm³/mol. The van der Waals surface area contributed by atoms with Gasteiger partial charge in [0.25, 0.3) is 0 Å². The van der Waals surface area contributed by atoms with Crippen LogP contribution in [0.5, 0.6) is 0 Å². The van der Waals surface area contributed by atoms with Gasteiger partial charge >= 0.3 is 0 Å². The first-order valence-electron chi connectivity index (χ1n) is 16.5. The molecule has 6 rings (SSSR count). The number of methoxy groups -OCH3 is 4. The lowest BCUT2D eigenvalue weighted by Crippen LogP contribution is -2.70. The molecule has 2 N–H and O–H groups in total. The standard InChI is InChI=1S/C32H53N3O7/c1-17(31(36)34-16-18-6-7-19(38-2)15-26(18)40-4)42-20-8-10-24-23(14-20)21-12-13-33-28-22-9-11-25(39-3)30(41-5)27(22)32(37)35(24)29(21)28/h17-30,33H,6-16H2,1-5H3,(H,34,36)/t17-,18?,19?,20?,21?,22?,23?,24?,25?,26?,27?,28?,29?,30?/m1/s1. The van der Waals surface area contributed by atoms with Crippen molar-refractivity contribution in [2.45, 2.75) is 119 Å². The summed E-state index contributed by atoms with van der Waals surface area (Å²) in [6.07, 6.45) is 8.18. The van der Waals surface area contributed by atoms with Crippen molar-refractivity contribution in [3.8, 4) is 0 Å². The van der Waals surface area contributed by atoms with Crippen LogP contribution >= 0.6 is 0 Å². The summed E-state index contributed by atoms with van der Waals surface area (Å²) in [5.41, 5.74) is 0. The third-order valence-corrected chi connectivity index (χ3v) is 12.1. The molecule has 0 aromatic carbocycles. The zero-order valence-corrected chi connectivity index (χ0v) is 26.2. The minimum Gasteiger partial charge on any atom is -0.381 e. The maximum absolute atomic E-state index is 14.3. The number of nitrogens with one attached hydrogen (secondary N) is 2. The van der Waals surface area contributed by atoms with Crippen LogP contribution in [-0.2, 0) is 33.3 Å². The van der Waals surface area contributed by atoms with Gasteiger partial charge in [-0.25, -0.2) is 0 Å². The predicted octanol–water partition coefficient (Wildman–Crippen LogP) is 2.13. The number of hydrogen-bond donors (Lipinski definition) is 2. The summed E-state index contributed by atoms with van der Waals surface area (Å²) in [5.74, 6) is 1.54. The van der Waals surface area contributed by atoms with Gasteiger partial charge in [0.1, 0.15) is 6.10 Å². The Morgan fingerprint density at radius 2 is 1.67 bits per heavy atom. The van der Waals surface area contributed by atoms with Gasteiger partial charge in [-0.05, 0) is 82.6 Å². The van der Waals surface area contributed by atoms with Gasteiger partial charge in [-0.1, -0.05) is 0 Å². The number of carbonyl (C=O) groups is 2. The molecule has 0 bridgehead atoms. The van der Waals surface area contributed by atoms with Gasteiger partial charge in [0, 0.05) is 59.4 Å². The van der Waals surface area contributed by atoms with Crippen LogP contribution in [0.25, 0.3) is 0 Å². The van der Waals surface area contributed by atoms with Crippen LogP contribution in [0.2, 0.25) is 0 Å². The van der Waals surface area contributed by atoms with Crippen molar-refractivity contribution in [3.63, 3.8) is 0 Å². The molecule has 6 fully saturated rings. The van der Waals surface area contributed by atoms with Crippen molar-refractivity contribution in [2.75, 3.05) is 41.5 Å². The topological polar surface area (TPSA) is 108 Å². The molecule has 10 nitrogen and oxygen atoms in total. The Bertz CT molecular complexity index is 968. The third kappa shape index (κ3) is 5.42. The molecular weight excluding hydrogens is 538 g/mol. The zero-order valence-electron chi connectivity index (χ0n) is 26.2. The summed E-state index contributed by atoms with van der Waals surface area (Å²) in [6, 6.07) is 0.806. The number of amides is 2. The Balaban J connectivity index is 1.08. The quantitative estimate of drug-likeness (QED) is 0.420. The van der Waals surface area contributed by atoms with E-state index in [1.165, 1.54) is 0 Å². The normalized spacial score (nSPS) is 45.5. The molecular formula is C32H53N3O7. The molecule has 10 heteroatoms. The van der Waals surface area contributed by atoms with E-state index in [9.17, 15) is 9.59 Å². The second-order valence-corrected chi connectivity index (χ2v) is 13.8. The summed E-state index contributed by atoms with van der Waals surface area (Å²) in [7, 11) is 6.96. The molecule has 0 aromatic heterocycles. The van der Waals surface area contributed by atoms with E-state index < -0.39 is 6.10 Å². The second-order valence-electron chi connectivity index (χ2n) is 13.8. The minimum absolute atomic E-state index is 0.0347. The highest BCUT2D eigenvalue weighted by Gasteiger charge is 2.64. The van der Waals surface area contributed by atoms with Crippen molar-refractivity contribution >= 4 is 11.8 Å². The molecule has 238 valence electrons. The highest BCUT2D eigenvalue weighted by molar-refractivity contribution is 5.83. The third-order valence-electron chi connectivity index (χ3n) is 12.1. The summed E-state index contributed by atoms with van der Waals surface area (Å²) in [5, 5.41) is 7.00. The van der Waals surface area contributed by atoms with Crippen molar-refractivity contribution in [1.82, 2.24) is 15.5 Å². The SMILES string of the molecule is COC1CCC(CNC(=O)[C@@H](C)OC2CCC3C(C2)C2CCNC4C5CCC(OC)C(OC)C5C(=O)N3C24)C(OC)C1. The molecule has 0 aromatic rings. The monoisotopic (exact) mass is 591 g/mol. The van der Waals surface area contributed by atoms with E-state index in [0.717, 1.165) is 64.3 Å². The van der Waals surface area contributed by atoms with E-state index in [1.54, 1.807) is 28.4 Å². The molecule has 3 saturated heterocycles. The molecule has 2 amide bonds. The van der Waals surface area contributed by atoms with Gasteiger partial charge in [0.2, 0.25) is 11.8 Å². The fourth-order valence-corrected chi connectivity index (χ4v) is 10.1. The molecule has 42 heavy (non-hydrogen) atoms. The van der Waals surface area contributed by atoms with E-state index in [4.69, 9.17) is 23.7 Å². The van der Waals surface area contributed by atoms with Crippen LogP contribution in [-0.4, -0.2) is 113 Å². The Labute approximate surface area is 251 Å². The van der Waals surface area contributed by atoms with E-state index in [2.05, 4.69) is 15.5 Å². The van der Waals surface area contributed by atoms with Gasteiger partial charge < -0.3 is 39.2 Å². The zero-order chi connectivity index (χ0) is 29.5. The molecule has 3 aliphatic heterocycles. The maximum atomic E-state index is 14.3. The minimum atomic E-state index is -0.509. The smallest absolute Gasteiger partial charge is 0.248 e. The molecule has 13 unspecified atom stereocenters. The molecule has 3 heterocycles. The van der Waals surface area contributed by atoms with Gasteiger partial charge in [-0.3, -0.25) is 9.59 Å². The lowest BCUT2D eigenvalue weighted by molar-refractivity contribution is -0.175. The maximum Gasteiger partial charge on any atom is 0.248 e. The van der Waals surface area contributed by atoms with Crippen LogP contribution < -0.4 is 10.6 Å². The van der Waals surface area contributed by atoms with Crippen molar-refractivity contribution in [2.24, 2.45) is 29.6 Å². The van der Waals surface area contributed by atoms with Crippen LogP contribution in [0, 0.1) is 29.6 Å². The number of fused-ring (bicyclic) bond motifs is 5. The first-order valence-corrected chi connectivity index (χ1v) is 16.5. The van der Waals surface area contributed by atoms with Crippen molar-refractivity contribution in [3.05, 3.63) is 0 Å². The Hall–Kier alpha value is -1.30. The van der Waals surface area contributed by atoms with Gasteiger partial charge in [0.05, 0.1) is 42.5 Å². The molecule has 0 radical (unpaired) electrons. The lowest BCUT2D eigenvalue weighted by Gasteiger charge is -2.55. The highest BCUT2D eigenvalue weighted by atomic mass is 16.5. The molecule has 0 spiro atoms. The fraction of sp³-hybridized carbons (Fsp3) is 0.938. The number of nitrogens with zero attached hydrogens (tertiary/aromatic N) is 1.